The third kappa shape index (κ3) is 2.66. The smallest absolute Gasteiger partial charge is 0.243 e. The predicted octanol–water partition coefficient (Wildman–Crippen LogP) is 3.60. The van der Waals surface area contributed by atoms with Crippen molar-refractivity contribution in [3.8, 4) is 0 Å². The van der Waals surface area contributed by atoms with Gasteiger partial charge in [-0.15, -0.1) is 0 Å². The summed E-state index contributed by atoms with van der Waals surface area (Å²) >= 11 is 5.91. The SMILES string of the molecule is O=C1N(C2CC2)CCCC12CCCN2Cc1ccc(F)c(Cl)c1. The molecule has 3 aliphatic rings. The quantitative estimate of drug-likeness (QED) is 0.842. The summed E-state index contributed by atoms with van der Waals surface area (Å²) in [5.74, 6) is -0.0582. The minimum absolute atomic E-state index is 0.158. The monoisotopic (exact) mass is 336 g/mol. The van der Waals surface area contributed by atoms with Crippen molar-refractivity contribution in [3.63, 3.8) is 0 Å². The summed E-state index contributed by atoms with van der Waals surface area (Å²) in [6.07, 6.45) is 6.36. The van der Waals surface area contributed by atoms with Crippen molar-refractivity contribution >= 4 is 17.5 Å². The van der Waals surface area contributed by atoms with E-state index in [1.54, 1.807) is 12.1 Å². The number of rotatable bonds is 3. The van der Waals surface area contributed by atoms with Gasteiger partial charge in [-0.3, -0.25) is 9.69 Å². The first-order valence-electron chi connectivity index (χ1n) is 8.60. The van der Waals surface area contributed by atoms with E-state index in [0.29, 0.717) is 18.5 Å². The van der Waals surface area contributed by atoms with Gasteiger partial charge in [-0.05, 0) is 62.8 Å². The minimum atomic E-state index is -0.389. The standard InChI is InChI=1S/C18H22ClFN2O/c19-15-11-13(3-6-16(15)20)12-21-9-1-7-18(21)8-2-10-22(17(18)23)14-4-5-14/h3,6,11,14H,1-2,4-5,7-10,12H2. The number of halogens is 2. The highest BCUT2D eigenvalue weighted by atomic mass is 35.5. The van der Waals surface area contributed by atoms with E-state index in [1.807, 2.05) is 0 Å². The van der Waals surface area contributed by atoms with Gasteiger partial charge >= 0.3 is 0 Å². The molecule has 0 aromatic heterocycles. The van der Waals surface area contributed by atoms with Crippen molar-refractivity contribution in [1.29, 1.82) is 0 Å². The van der Waals surface area contributed by atoms with Gasteiger partial charge in [0, 0.05) is 19.1 Å². The maximum Gasteiger partial charge on any atom is 0.243 e. The third-order valence-corrected chi connectivity index (χ3v) is 5.91. The molecule has 1 unspecified atom stereocenters. The summed E-state index contributed by atoms with van der Waals surface area (Å²) < 4.78 is 13.4. The molecule has 1 amide bonds. The van der Waals surface area contributed by atoms with Crippen LogP contribution >= 0.6 is 11.6 Å². The lowest BCUT2D eigenvalue weighted by Crippen LogP contribution is -2.60. The lowest BCUT2D eigenvalue weighted by atomic mass is 9.85. The Bertz CT molecular complexity index is 633. The molecule has 1 saturated carbocycles. The van der Waals surface area contributed by atoms with Crippen LogP contribution in [-0.2, 0) is 11.3 Å². The summed E-state index contributed by atoms with van der Waals surface area (Å²) in [5, 5.41) is 0.158. The largest absolute Gasteiger partial charge is 0.338 e. The molecular formula is C18H22ClFN2O. The van der Waals surface area contributed by atoms with Crippen LogP contribution in [0.4, 0.5) is 4.39 Å². The molecule has 3 nitrogen and oxygen atoms in total. The van der Waals surface area contributed by atoms with Crippen LogP contribution in [0.25, 0.3) is 0 Å². The highest BCUT2D eigenvalue weighted by Gasteiger charge is 2.52. The van der Waals surface area contributed by atoms with Gasteiger partial charge in [0.2, 0.25) is 5.91 Å². The van der Waals surface area contributed by atoms with Gasteiger partial charge in [-0.2, -0.15) is 0 Å². The number of piperidine rings is 1. The Kier molecular flexibility index (Phi) is 3.85. The van der Waals surface area contributed by atoms with Gasteiger partial charge in [0.1, 0.15) is 11.4 Å². The lowest BCUT2D eigenvalue weighted by Gasteiger charge is -2.45. The Balaban J connectivity index is 1.57. The molecule has 1 aromatic carbocycles. The first kappa shape index (κ1) is 15.4. The molecule has 1 aliphatic carbocycles. The van der Waals surface area contributed by atoms with Crippen LogP contribution in [0.3, 0.4) is 0 Å². The van der Waals surface area contributed by atoms with E-state index >= 15 is 0 Å². The van der Waals surface area contributed by atoms with E-state index in [2.05, 4.69) is 9.80 Å². The molecule has 1 spiro atoms. The van der Waals surface area contributed by atoms with Crippen molar-refractivity contribution < 1.29 is 9.18 Å². The highest BCUT2D eigenvalue weighted by Crippen LogP contribution is 2.42. The molecule has 0 bridgehead atoms. The highest BCUT2D eigenvalue weighted by molar-refractivity contribution is 6.30. The third-order valence-electron chi connectivity index (χ3n) is 5.62. The number of hydrogen-bond acceptors (Lipinski definition) is 2. The molecule has 0 radical (unpaired) electrons. The Labute approximate surface area is 141 Å². The Morgan fingerprint density at radius 1 is 1.22 bits per heavy atom. The van der Waals surface area contributed by atoms with Crippen LogP contribution in [0.5, 0.6) is 0 Å². The van der Waals surface area contributed by atoms with Crippen molar-refractivity contribution in [1.82, 2.24) is 9.80 Å². The van der Waals surface area contributed by atoms with E-state index in [9.17, 15) is 9.18 Å². The van der Waals surface area contributed by atoms with Crippen LogP contribution in [0.1, 0.15) is 44.1 Å². The second kappa shape index (κ2) is 5.75. The van der Waals surface area contributed by atoms with Crippen LogP contribution in [0.15, 0.2) is 18.2 Å². The lowest BCUT2D eigenvalue weighted by molar-refractivity contribution is -0.148. The molecule has 0 N–H and O–H groups in total. The molecule has 2 heterocycles. The van der Waals surface area contributed by atoms with Crippen LogP contribution in [0, 0.1) is 5.82 Å². The molecular weight excluding hydrogens is 315 g/mol. The second-order valence-electron chi connectivity index (χ2n) is 7.14. The van der Waals surface area contributed by atoms with Crippen molar-refractivity contribution in [3.05, 3.63) is 34.6 Å². The summed E-state index contributed by atoms with van der Waals surface area (Å²) in [7, 11) is 0. The van der Waals surface area contributed by atoms with E-state index in [0.717, 1.165) is 57.2 Å². The number of carbonyl (C=O) groups excluding carboxylic acids is 1. The predicted molar refractivity (Wildman–Crippen MR) is 87.8 cm³/mol. The van der Waals surface area contributed by atoms with Gasteiger partial charge in [0.25, 0.3) is 0 Å². The van der Waals surface area contributed by atoms with E-state index in [1.165, 1.54) is 6.07 Å². The molecule has 3 fully saturated rings. The topological polar surface area (TPSA) is 23.6 Å². The van der Waals surface area contributed by atoms with Gasteiger partial charge in [-0.1, -0.05) is 17.7 Å². The number of benzene rings is 1. The summed E-state index contributed by atoms with van der Waals surface area (Å²) in [5.41, 5.74) is 0.649. The second-order valence-corrected chi connectivity index (χ2v) is 7.55. The maximum absolute atomic E-state index is 13.4. The Morgan fingerprint density at radius 3 is 2.65 bits per heavy atom. The van der Waals surface area contributed by atoms with E-state index < -0.39 is 0 Å². The average molecular weight is 337 g/mol. The normalized spacial score (nSPS) is 28.8. The van der Waals surface area contributed by atoms with Gasteiger partial charge in [0.05, 0.1) is 5.02 Å². The van der Waals surface area contributed by atoms with Gasteiger partial charge in [-0.25, -0.2) is 4.39 Å². The molecule has 2 saturated heterocycles. The van der Waals surface area contributed by atoms with E-state index in [-0.39, 0.29) is 16.4 Å². The molecule has 23 heavy (non-hydrogen) atoms. The molecule has 2 aliphatic heterocycles. The maximum atomic E-state index is 13.4. The Hall–Kier alpha value is -1.13. The summed E-state index contributed by atoms with van der Waals surface area (Å²) in [4.78, 5) is 17.6. The fourth-order valence-corrected chi connectivity index (χ4v) is 4.50. The number of amides is 1. The Morgan fingerprint density at radius 2 is 1.96 bits per heavy atom. The zero-order valence-electron chi connectivity index (χ0n) is 13.2. The molecule has 124 valence electrons. The van der Waals surface area contributed by atoms with Crippen molar-refractivity contribution in [2.45, 2.75) is 56.7 Å². The zero-order valence-corrected chi connectivity index (χ0v) is 14.0. The van der Waals surface area contributed by atoms with Gasteiger partial charge < -0.3 is 4.90 Å². The molecule has 4 rings (SSSR count). The van der Waals surface area contributed by atoms with Crippen molar-refractivity contribution in [2.75, 3.05) is 13.1 Å². The summed E-state index contributed by atoms with van der Waals surface area (Å²) in [6.45, 7) is 2.52. The first-order chi connectivity index (χ1) is 11.1. The number of hydrogen-bond donors (Lipinski definition) is 0. The van der Waals surface area contributed by atoms with E-state index in [4.69, 9.17) is 11.6 Å². The van der Waals surface area contributed by atoms with Crippen LogP contribution in [0.2, 0.25) is 5.02 Å². The average Bonchev–Trinajstić information content (AvgIpc) is 3.30. The minimum Gasteiger partial charge on any atom is -0.338 e. The fourth-order valence-electron chi connectivity index (χ4n) is 4.30. The number of nitrogens with zero attached hydrogens (tertiary/aromatic N) is 2. The number of likely N-dealkylation sites (tertiary alicyclic amines) is 2. The first-order valence-corrected chi connectivity index (χ1v) is 8.98. The molecule has 1 aromatic rings. The molecule has 5 heteroatoms. The van der Waals surface area contributed by atoms with Crippen LogP contribution < -0.4 is 0 Å². The zero-order chi connectivity index (χ0) is 16.0. The fraction of sp³-hybridized carbons (Fsp3) is 0.611. The molecule has 1 atom stereocenters. The summed E-state index contributed by atoms with van der Waals surface area (Å²) in [6, 6.07) is 5.37. The van der Waals surface area contributed by atoms with Crippen molar-refractivity contribution in [2.24, 2.45) is 0 Å². The number of carbonyl (C=O) groups is 1. The van der Waals surface area contributed by atoms with Gasteiger partial charge in [0.15, 0.2) is 0 Å². The van der Waals surface area contributed by atoms with Crippen LogP contribution in [-0.4, -0.2) is 40.4 Å².